The van der Waals surface area contributed by atoms with E-state index in [0.29, 0.717) is 23.7 Å². The Morgan fingerprint density at radius 3 is 2.22 bits per heavy atom. The van der Waals surface area contributed by atoms with Gasteiger partial charge in [0.1, 0.15) is 12.4 Å². The molecule has 3 N–H and O–H groups in total. The molecule has 2 amide bonds. The van der Waals surface area contributed by atoms with Gasteiger partial charge in [0, 0.05) is 19.4 Å². The van der Waals surface area contributed by atoms with E-state index in [9.17, 15) is 28.3 Å². The third-order valence-corrected chi connectivity index (χ3v) is 7.63. The lowest BCUT2D eigenvalue weighted by molar-refractivity contribution is -0.172. The van der Waals surface area contributed by atoms with E-state index < -0.39 is 40.5 Å². The second kappa shape index (κ2) is 14.1. The van der Waals surface area contributed by atoms with Crippen LogP contribution in [0.4, 0.5) is 0 Å². The number of carbonyl (C=O) groups is 2. The third-order valence-electron chi connectivity index (χ3n) is 5.83. The summed E-state index contributed by atoms with van der Waals surface area (Å²) in [7, 11) is -1.29. The van der Waals surface area contributed by atoms with E-state index in [1.54, 1.807) is 0 Å². The monoisotopic (exact) mass is 535 g/mol. The summed E-state index contributed by atoms with van der Waals surface area (Å²) in [4.78, 5) is 25.8. The van der Waals surface area contributed by atoms with Crippen molar-refractivity contribution in [1.82, 2.24) is 14.7 Å². The number of methoxy groups -OCH3 is 1. The Morgan fingerprint density at radius 1 is 1.05 bits per heavy atom. The fourth-order valence-electron chi connectivity index (χ4n) is 3.82. The van der Waals surface area contributed by atoms with Gasteiger partial charge in [-0.2, -0.15) is 4.31 Å². The topological polar surface area (TPSA) is 136 Å². The molecule has 0 unspecified atom stereocenters. The van der Waals surface area contributed by atoms with Crippen LogP contribution in [0.15, 0.2) is 59.5 Å². The summed E-state index contributed by atoms with van der Waals surface area (Å²) < 4.78 is 31.5. The molecule has 10 nitrogen and oxygen atoms in total. The summed E-state index contributed by atoms with van der Waals surface area (Å²) >= 11 is 0. The first-order chi connectivity index (χ1) is 17.5. The van der Waals surface area contributed by atoms with Crippen molar-refractivity contribution in [2.75, 3.05) is 27.4 Å². The molecule has 204 valence electrons. The third kappa shape index (κ3) is 9.12. The molecule has 0 radical (unpaired) electrons. The SMILES string of the molecule is COc1ccc(S(=O)(=O)N(C)CN(O)C(=O)C[C@@H](CC(C)C)C(=O)N[C@H](CO)Cc2ccccc2)cc1. The van der Waals surface area contributed by atoms with Gasteiger partial charge in [-0.05, 0) is 48.6 Å². The molecule has 2 atom stereocenters. The molecule has 0 saturated carbocycles. The van der Waals surface area contributed by atoms with Crippen LogP contribution in [-0.4, -0.2) is 73.4 Å². The summed E-state index contributed by atoms with van der Waals surface area (Å²) in [5.41, 5.74) is 0.945. The molecule has 37 heavy (non-hydrogen) atoms. The Morgan fingerprint density at radius 2 is 1.68 bits per heavy atom. The zero-order valence-electron chi connectivity index (χ0n) is 21.7. The molecule has 0 saturated heterocycles. The standard InChI is InChI=1S/C26H37N3O7S/c1-19(2)14-21(26(32)27-22(17-30)15-20-8-6-5-7-9-20)16-25(31)29(33)18-28(3)37(34,35)24-12-10-23(36-4)11-13-24/h5-13,19,21-22,30,33H,14-18H2,1-4H3,(H,27,32)/t21-,22+/m1/s1. The smallest absolute Gasteiger partial charge is 0.247 e. The molecule has 2 aromatic carbocycles. The number of hydrogen-bond acceptors (Lipinski definition) is 7. The van der Waals surface area contributed by atoms with E-state index in [0.717, 1.165) is 9.87 Å². The van der Waals surface area contributed by atoms with Gasteiger partial charge in [-0.1, -0.05) is 44.2 Å². The number of benzene rings is 2. The molecule has 0 bridgehead atoms. The zero-order valence-corrected chi connectivity index (χ0v) is 22.5. The Bertz CT molecular complexity index is 1110. The van der Waals surface area contributed by atoms with Crippen LogP contribution in [0.1, 0.15) is 32.3 Å². The fraction of sp³-hybridized carbons (Fsp3) is 0.462. The minimum absolute atomic E-state index is 0.0258. The van der Waals surface area contributed by atoms with E-state index in [1.807, 2.05) is 44.2 Å². The molecule has 0 heterocycles. The number of nitrogens with zero attached hydrogens (tertiary/aromatic N) is 2. The molecule has 2 rings (SSSR count). The van der Waals surface area contributed by atoms with Gasteiger partial charge in [-0.15, -0.1) is 0 Å². The second-order valence-corrected chi connectivity index (χ2v) is 11.4. The maximum atomic E-state index is 13.0. The van der Waals surface area contributed by atoms with Crippen LogP contribution in [0.25, 0.3) is 0 Å². The molecule has 2 aromatic rings. The van der Waals surface area contributed by atoms with Crippen molar-refractivity contribution in [3.63, 3.8) is 0 Å². The Hall–Kier alpha value is -2.99. The first-order valence-electron chi connectivity index (χ1n) is 12.0. The normalized spacial score (nSPS) is 13.3. The number of amides is 2. The van der Waals surface area contributed by atoms with Gasteiger partial charge in [0.15, 0.2) is 0 Å². The van der Waals surface area contributed by atoms with E-state index in [2.05, 4.69) is 5.32 Å². The minimum atomic E-state index is -3.99. The lowest BCUT2D eigenvalue weighted by atomic mass is 9.92. The summed E-state index contributed by atoms with van der Waals surface area (Å²) in [6.45, 7) is 2.92. The zero-order chi connectivity index (χ0) is 27.6. The quantitative estimate of drug-likeness (QED) is 0.192. The van der Waals surface area contributed by atoms with E-state index in [4.69, 9.17) is 4.74 Å². The van der Waals surface area contributed by atoms with Crippen molar-refractivity contribution in [3.8, 4) is 5.75 Å². The highest BCUT2D eigenvalue weighted by molar-refractivity contribution is 7.89. The van der Waals surface area contributed by atoms with Crippen LogP contribution in [0.5, 0.6) is 5.75 Å². The summed E-state index contributed by atoms with van der Waals surface area (Å²) in [6.07, 6.45) is 0.473. The average Bonchev–Trinajstić information content (AvgIpc) is 2.87. The number of hydroxylamine groups is 2. The molecular weight excluding hydrogens is 498 g/mol. The number of carbonyl (C=O) groups excluding carboxylic acids is 2. The summed E-state index contributed by atoms with van der Waals surface area (Å²) in [5, 5.41) is 23.2. The van der Waals surface area contributed by atoms with Gasteiger partial charge in [0.25, 0.3) is 0 Å². The van der Waals surface area contributed by atoms with Crippen LogP contribution < -0.4 is 10.1 Å². The van der Waals surface area contributed by atoms with Gasteiger partial charge in [-0.3, -0.25) is 14.8 Å². The molecular formula is C26H37N3O7S. The van der Waals surface area contributed by atoms with Crippen molar-refractivity contribution in [2.24, 2.45) is 11.8 Å². The number of ether oxygens (including phenoxy) is 1. The van der Waals surface area contributed by atoms with E-state index in [1.165, 1.54) is 38.4 Å². The minimum Gasteiger partial charge on any atom is -0.497 e. The van der Waals surface area contributed by atoms with Crippen molar-refractivity contribution in [2.45, 2.75) is 44.0 Å². The van der Waals surface area contributed by atoms with Crippen LogP contribution >= 0.6 is 0 Å². The Kier molecular flexibility index (Phi) is 11.5. The number of sulfonamides is 1. The van der Waals surface area contributed by atoms with Gasteiger partial charge >= 0.3 is 0 Å². The predicted octanol–water partition coefficient (Wildman–Crippen LogP) is 2.26. The highest BCUT2D eigenvalue weighted by atomic mass is 32.2. The fourth-order valence-corrected chi connectivity index (χ4v) is 4.92. The van der Waals surface area contributed by atoms with E-state index in [-0.39, 0.29) is 23.8 Å². The molecule has 0 aliphatic heterocycles. The van der Waals surface area contributed by atoms with Gasteiger partial charge < -0.3 is 15.2 Å². The number of aliphatic hydroxyl groups excluding tert-OH is 1. The van der Waals surface area contributed by atoms with Gasteiger partial charge in [0.2, 0.25) is 21.8 Å². The van der Waals surface area contributed by atoms with Crippen LogP contribution in [0.3, 0.4) is 0 Å². The van der Waals surface area contributed by atoms with Crippen LogP contribution in [0, 0.1) is 11.8 Å². The summed E-state index contributed by atoms with van der Waals surface area (Å²) in [6, 6.07) is 14.6. The molecule has 0 aromatic heterocycles. The molecule has 0 spiro atoms. The molecule has 11 heteroatoms. The first-order valence-corrected chi connectivity index (χ1v) is 13.5. The van der Waals surface area contributed by atoms with Crippen molar-refractivity contribution in [3.05, 3.63) is 60.2 Å². The second-order valence-electron chi connectivity index (χ2n) is 9.32. The lowest BCUT2D eigenvalue weighted by Gasteiger charge is -2.26. The number of hydrogen-bond donors (Lipinski definition) is 3. The number of rotatable bonds is 14. The number of aliphatic hydroxyl groups is 1. The molecule has 0 fully saturated rings. The maximum absolute atomic E-state index is 13.0. The highest BCUT2D eigenvalue weighted by Gasteiger charge is 2.29. The van der Waals surface area contributed by atoms with Gasteiger partial charge in [-0.25, -0.2) is 13.5 Å². The molecule has 0 aliphatic carbocycles. The van der Waals surface area contributed by atoms with E-state index >= 15 is 0 Å². The van der Waals surface area contributed by atoms with Crippen molar-refractivity contribution >= 4 is 21.8 Å². The highest BCUT2D eigenvalue weighted by Crippen LogP contribution is 2.20. The van der Waals surface area contributed by atoms with Crippen molar-refractivity contribution in [1.29, 1.82) is 0 Å². The number of nitrogens with one attached hydrogen (secondary N) is 1. The van der Waals surface area contributed by atoms with Crippen molar-refractivity contribution < 1.29 is 33.1 Å². The Balaban J connectivity index is 2.04. The summed E-state index contributed by atoms with van der Waals surface area (Å²) in [5.74, 6) is -1.40. The largest absolute Gasteiger partial charge is 0.497 e. The average molecular weight is 536 g/mol. The maximum Gasteiger partial charge on any atom is 0.247 e. The van der Waals surface area contributed by atoms with Gasteiger partial charge in [0.05, 0.1) is 24.7 Å². The Labute approximate surface area is 218 Å². The lowest BCUT2D eigenvalue weighted by Crippen LogP contribution is -2.45. The van der Waals surface area contributed by atoms with Crippen LogP contribution in [0.2, 0.25) is 0 Å². The molecule has 0 aliphatic rings. The van der Waals surface area contributed by atoms with Crippen LogP contribution in [-0.2, 0) is 26.0 Å². The predicted molar refractivity (Wildman–Crippen MR) is 138 cm³/mol. The first kappa shape index (κ1) is 30.2.